The topological polar surface area (TPSA) is 62.4 Å². The van der Waals surface area contributed by atoms with Gasteiger partial charge in [0.2, 0.25) is 0 Å². The number of pyridine rings is 1. The molecule has 0 amide bonds. The molecule has 1 fully saturated rings. The van der Waals surface area contributed by atoms with E-state index in [9.17, 15) is 5.11 Å². The van der Waals surface area contributed by atoms with Crippen molar-refractivity contribution in [3.05, 3.63) is 23.0 Å². The van der Waals surface area contributed by atoms with E-state index < -0.39 is 0 Å². The van der Waals surface area contributed by atoms with E-state index in [0.717, 1.165) is 42.0 Å². The van der Waals surface area contributed by atoms with Crippen LogP contribution in [0.2, 0.25) is 0 Å². The Kier molecular flexibility index (Phi) is 3.64. The highest BCUT2D eigenvalue weighted by Crippen LogP contribution is 2.26. The third kappa shape index (κ3) is 2.58. The molecule has 1 atom stereocenters. The predicted octanol–water partition coefficient (Wildman–Crippen LogP) is 1.12. The molecular formula is C13H21N3O. The summed E-state index contributed by atoms with van der Waals surface area (Å²) in [5.41, 5.74) is 10.1. The highest BCUT2D eigenvalue weighted by Gasteiger charge is 2.21. The molecule has 94 valence electrons. The van der Waals surface area contributed by atoms with Crippen molar-refractivity contribution in [3.8, 4) is 0 Å². The third-order valence-electron chi connectivity index (χ3n) is 3.38. The Morgan fingerprint density at radius 2 is 2.29 bits per heavy atom. The van der Waals surface area contributed by atoms with Crippen molar-refractivity contribution < 1.29 is 5.11 Å². The maximum Gasteiger partial charge on any atom is 0.0715 e. The quantitative estimate of drug-likeness (QED) is 0.806. The van der Waals surface area contributed by atoms with Crippen LogP contribution in [0.1, 0.15) is 29.8 Å². The molecule has 2 rings (SSSR count). The molecule has 0 radical (unpaired) electrons. The van der Waals surface area contributed by atoms with Crippen LogP contribution >= 0.6 is 0 Å². The van der Waals surface area contributed by atoms with E-state index in [-0.39, 0.29) is 6.10 Å². The van der Waals surface area contributed by atoms with Gasteiger partial charge in [-0.05, 0) is 32.8 Å². The largest absolute Gasteiger partial charge is 0.391 e. The number of nitrogens with zero attached hydrogens (tertiary/aromatic N) is 2. The number of β-amino-alcohol motifs (C(OH)–C–C–N with tert-alkyl or cyclic N) is 1. The number of aromatic nitrogens is 1. The first-order valence-electron chi connectivity index (χ1n) is 6.22. The summed E-state index contributed by atoms with van der Waals surface area (Å²) in [4.78, 5) is 6.68. The number of rotatable bonds is 2. The van der Waals surface area contributed by atoms with Gasteiger partial charge in [0.15, 0.2) is 0 Å². The van der Waals surface area contributed by atoms with Gasteiger partial charge < -0.3 is 15.7 Å². The minimum Gasteiger partial charge on any atom is -0.391 e. The number of anilines is 1. The fourth-order valence-electron chi connectivity index (χ4n) is 2.54. The molecule has 1 saturated heterocycles. The molecule has 17 heavy (non-hydrogen) atoms. The molecule has 4 heteroatoms. The van der Waals surface area contributed by atoms with Crippen molar-refractivity contribution in [2.24, 2.45) is 5.73 Å². The van der Waals surface area contributed by atoms with E-state index in [1.54, 1.807) is 0 Å². The first kappa shape index (κ1) is 12.3. The van der Waals surface area contributed by atoms with Crippen molar-refractivity contribution in [1.29, 1.82) is 0 Å². The lowest BCUT2D eigenvalue weighted by molar-refractivity contribution is 0.154. The van der Waals surface area contributed by atoms with Gasteiger partial charge in [0, 0.05) is 42.3 Å². The number of piperidine rings is 1. The van der Waals surface area contributed by atoms with Gasteiger partial charge in [-0.2, -0.15) is 0 Å². The van der Waals surface area contributed by atoms with Crippen molar-refractivity contribution in [1.82, 2.24) is 4.98 Å². The molecule has 4 nitrogen and oxygen atoms in total. The maximum atomic E-state index is 9.75. The summed E-state index contributed by atoms with van der Waals surface area (Å²) in [5, 5.41) is 9.75. The Bertz CT molecular complexity index is 406. The number of nitrogens with two attached hydrogens (primary N) is 1. The SMILES string of the molecule is Cc1cc(N2CCCC(O)C2)c(CN)c(C)n1. The minimum absolute atomic E-state index is 0.219. The van der Waals surface area contributed by atoms with Crippen LogP contribution in [0.25, 0.3) is 0 Å². The molecule has 1 unspecified atom stereocenters. The van der Waals surface area contributed by atoms with Gasteiger partial charge in [-0.1, -0.05) is 0 Å². The fourth-order valence-corrected chi connectivity index (χ4v) is 2.54. The van der Waals surface area contributed by atoms with Gasteiger partial charge in [-0.3, -0.25) is 4.98 Å². The molecule has 0 spiro atoms. The monoisotopic (exact) mass is 235 g/mol. The van der Waals surface area contributed by atoms with E-state index in [4.69, 9.17) is 5.73 Å². The van der Waals surface area contributed by atoms with Crippen LogP contribution in [0.5, 0.6) is 0 Å². The molecule has 0 aliphatic carbocycles. The van der Waals surface area contributed by atoms with Crippen molar-refractivity contribution >= 4 is 5.69 Å². The van der Waals surface area contributed by atoms with Crippen molar-refractivity contribution in [3.63, 3.8) is 0 Å². The second kappa shape index (κ2) is 5.02. The van der Waals surface area contributed by atoms with Crippen LogP contribution in [-0.2, 0) is 6.54 Å². The highest BCUT2D eigenvalue weighted by atomic mass is 16.3. The predicted molar refractivity (Wildman–Crippen MR) is 69.1 cm³/mol. The summed E-state index contributed by atoms with van der Waals surface area (Å²) < 4.78 is 0. The minimum atomic E-state index is -0.219. The fraction of sp³-hybridized carbons (Fsp3) is 0.615. The van der Waals surface area contributed by atoms with Gasteiger partial charge in [0.1, 0.15) is 0 Å². The van der Waals surface area contributed by atoms with Gasteiger partial charge in [0.05, 0.1) is 6.10 Å². The molecule has 1 aliphatic heterocycles. The average molecular weight is 235 g/mol. The van der Waals surface area contributed by atoms with Gasteiger partial charge in [-0.25, -0.2) is 0 Å². The summed E-state index contributed by atoms with van der Waals surface area (Å²) in [5.74, 6) is 0. The normalized spacial score (nSPS) is 20.7. The van der Waals surface area contributed by atoms with Crippen LogP contribution in [0.15, 0.2) is 6.07 Å². The molecular weight excluding hydrogens is 214 g/mol. The number of hydrogen-bond acceptors (Lipinski definition) is 4. The molecule has 1 aromatic heterocycles. The lowest BCUT2D eigenvalue weighted by Gasteiger charge is -2.33. The van der Waals surface area contributed by atoms with E-state index in [1.165, 1.54) is 0 Å². The molecule has 1 aliphatic rings. The Morgan fingerprint density at radius 3 is 2.94 bits per heavy atom. The molecule has 0 saturated carbocycles. The van der Waals surface area contributed by atoms with Gasteiger partial charge in [0.25, 0.3) is 0 Å². The van der Waals surface area contributed by atoms with Crippen LogP contribution in [0.4, 0.5) is 5.69 Å². The zero-order valence-electron chi connectivity index (χ0n) is 10.6. The van der Waals surface area contributed by atoms with Crippen LogP contribution in [0.3, 0.4) is 0 Å². The Morgan fingerprint density at radius 1 is 1.53 bits per heavy atom. The smallest absolute Gasteiger partial charge is 0.0715 e. The van der Waals surface area contributed by atoms with E-state index in [2.05, 4.69) is 16.0 Å². The number of hydrogen-bond donors (Lipinski definition) is 2. The number of aliphatic hydroxyl groups excluding tert-OH is 1. The van der Waals surface area contributed by atoms with Crippen molar-refractivity contribution in [2.75, 3.05) is 18.0 Å². The summed E-state index contributed by atoms with van der Waals surface area (Å²) in [6.07, 6.45) is 1.71. The average Bonchev–Trinajstić information content (AvgIpc) is 2.28. The second-order valence-corrected chi connectivity index (χ2v) is 4.79. The first-order valence-corrected chi connectivity index (χ1v) is 6.22. The molecule has 1 aromatic rings. The zero-order valence-corrected chi connectivity index (χ0v) is 10.6. The first-order chi connectivity index (χ1) is 8.11. The maximum absolute atomic E-state index is 9.75. The highest BCUT2D eigenvalue weighted by molar-refractivity contribution is 5.56. The van der Waals surface area contributed by atoms with E-state index >= 15 is 0 Å². The van der Waals surface area contributed by atoms with Crippen LogP contribution in [-0.4, -0.2) is 29.3 Å². The lowest BCUT2D eigenvalue weighted by atomic mass is 10.0. The summed E-state index contributed by atoms with van der Waals surface area (Å²) in [7, 11) is 0. The summed E-state index contributed by atoms with van der Waals surface area (Å²) in [6, 6.07) is 2.08. The Hall–Kier alpha value is -1.13. The number of aryl methyl sites for hydroxylation is 2. The molecule has 3 N–H and O–H groups in total. The Labute approximate surface area is 102 Å². The zero-order chi connectivity index (χ0) is 12.4. The number of aliphatic hydroxyl groups is 1. The van der Waals surface area contributed by atoms with Gasteiger partial charge >= 0.3 is 0 Å². The molecule has 2 heterocycles. The second-order valence-electron chi connectivity index (χ2n) is 4.79. The molecule has 0 bridgehead atoms. The van der Waals surface area contributed by atoms with Crippen LogP contribution < -0.4 is 10.6 Å². The molecule has 0 aromatic carbocycles. The van der Waals surface area contributed by atoms with E-state index in [1.807, 2.05) is 13.8 Å². The summed E-state index contributed by atoms with van der Waals surface area (Å²) >= 11 is 0. The van der Waals surface area contributed by atoms with E-state index in [0.29, 0.717) is 13.1 Å². The lowest BCUT2D eigenvalue weighted by Crippen LogP contribution is -2.39. The third-order valence-corrected chi connectivity index (χ3v) is 3.38. The van der Waals surface area contributed by atoms with Crippen LogP contribution in [0, 0.1) is 13.8 Å². The van der Waals surface area contributed by atoms with Crippen molar-refractivity contribution in [2.45, 2.75) is 39.3 Å². The summed E-state index contributed by atoms with van der Waals surface area (Å²) in [6.45, 7) is 6.19. The van der Waals surface area contributed by atoms with Gasteiger partial charge in [-0.15, -0.1) is 0 Å². The standard InChI is InChI=1S/C13H21N3O/c1-9-6-13(12(7-14)10(2)15-9)16-5-3-4-11(17)8-16/h6,11,17H,3-5,7-8,14H2,1-2H3. The Balaban J connectivity index is 2.35.